The first-order chi connectivity index (χ1) is 16.8. The van der Waals surface area contributed by atoms with Gasteiger partial charge in [-0.05, 0) is 75.2 Å². The second-order valence-corrected chi connectivity index (χ2v) is 10.5. The minimum atomic E-state index is -0.433. The van der Waals surface area contributed by atoms with Crippen molar-refractivity contribution in [1.29, 1.82) is 5.26 Å². The van der Waals surface area contributed by atoms with Gasteiger partial charge in [-0.15, -0.1) is 0 Å². The first-order valence-electron chi connectivity index (χ1n) is 10.1. The molecule has 0 bridgehead atoms. The molecule has 0 N–H and O–H groups in total. The molecular weight excluding hydrogens is 595 g/mol. The van der Waals surface area contributed by atoms with Crippen LogP contribution < -0.4 is 4.74 Å². The van der Waals surface area contributed by atoms with E-state index in [0.29, 0.717) is 42.0 Å². The van der Waals surface area contributed by atoms with Crippen molar-refractivity contribution in [2.45, 2.75) is 13.2 Å². The largest absolute Gasteiger partial charge is 0.486 e. The van der Waals surface area contributed by atoms with Crippen molar-refractivity contribution in [2.75, 3.05) is 0 Å². The number of imide groups is 1. The third-order valence-corrected chi connectivity index (χ3v) is 7.41. The summed E-state index contributed by atoms with van der Waals surface area (Å²) < 4.78 is 6.43. The van der Waals surface area contributed by atoms with Crippen LogP contribution in [0.2, 0.25) is 15.1 Å². The smallest absolute Gasteiger partial charge is 0.293 e. The fourth-order valence-corrected chi connectivity index (χ4v) is 5.60. The van der Waals surface area contributed by atoms with Crippen molar-refractivity contribution >= 4 is 79.7 Å². The van der Waals surface area contributed by atoms with E-state index in [0.717, 1.165) is 22.2 Å². The Morgan fingerprint density at radius 3 is 2.51 bits per heavy atom. The maximum atomic E-state index is 12.9. The van der Waals surface area contributed by atoms with E-state index >= 15 is 0 Å². The van der Waals surface area contributed by atoms with Gasteiger partial charge in [0.1, 0.15) is 6.61 Å². The van der Waals surface area contributed by atoms with Gasteiger partial charge < -0.3 is 4.74 Å². The Morgan fingerprint density at radius 1 is 1.03 bits per heavy atom. The molecule has 0 unspecified atom stereocenters. The average Bonchev–Trinajstić information content (AvgIpc) is 3.07. The summed E-state index contributed by atoms with van der Waals surface area (Å²) in [6.45, 7) is 0.201. The lowest BCUT2D eigenvalue weighted by Crippen LogP contribution is -2.27. The fourth-order valence-electron chi connectivity index (χ4n) is 3.31. The molecule has 1 aliphatic rings. The van der Waals surface area contributed by atoms with Crippen LogP contribution in [0.15, 0.2) is 64.0 Å². The zero-order valence-electron chi connectivity index (χ0n) is 17.7. The van der Waals surface area contributed by atoms with Gasteiger partial charge in [-0.1, -0.05) is 59.1 Å². The van der Waals surface area contributed by atoms with Gasteiger partial charge in [0.15, 0.2) is 5.75 Å². The van der Waals surface area contributed by atoms with Crippen molar-refractivity contribution < 1.29 is 14.3 Å². The maximum Gasteiger partial charge on any atom is 0.293 e. The molecule has 1 fully saturated rings. The Hall–Kier alpha value is -2.47. The topological polar surface area (TPSA) is 70.4 Å². The highest BCUT2D eigenvalue weighted by atomic mass is 79.9. The van der Waals surface area contributed by atoms with Crippen LogP contribution in [-0.2, 0) is 17.9 Å². The van der Waals surface area contributed by atoms with Gasteiger partial charge in [0, 0.05) is 15.6 Å². The number of nitrogens with zero attached hydrogens (tertiary/aromatic N) is 2. The highest BCUT2D eigenvalue weighted by molar-refractivity contribution is 9.10. The van der Waals surface area contributed by atoms with Crippen molar-refractivity contribution in [3.8, 4) is 11.8 Å². The summed E-state index contributed by atoms with van der Waals surface area (Å²) in [6, 6.07) is 17.4. The first kappa shape index (κ1) is 25.6. The summed E-state index contributed by atoms with van der Waals surface area (Å²) in [7, 11) is 0. The molecule has 0 aliphatic carbocycles. The van der Waals surface area contributed by atoms with E-state index in [-0.39, 0.29) is 18.1 Å². The Bertz CT molecular complexity index is 1400. The predicted molar refractivity (Wildman–Crippen MR) is 143 cm³/mol. The van der Waals surface area contributed by atoms with Crippen molar-refractivity contribution in [1.82, 2.24) is 4.90 Å². The Labute approximate surface area is 229 Å². The third-order valence-electron chi connectivity index (χ3n) is 5.05. The van der Waals surface area contributed by atoms with E-state index in [1.165, 1.54) is 0 Å². The van der Waals surface area contributed by atoms with Crippen LogP contribution in [0.25, 0.3) is 6.08 Å². The van der Waals surface area contributed by atoms with Crippen LogP contribution in [-0.4, -0.2) is 16.0 Å². The summed E-state index contributed by atoms with van der Waals surface area (Å²) in [5.41, 5.74) is 2.38. The second kappa shape index (κ2) is 11.1. The lowest BCUT2D eigenvalue weighted by atomic mass is 10.1. The zero-order chi connectivity index (χ0) is 25.1. The second-order valence-electron chi connectivity index (χ2n) is 7.37. The van der Waals surface area contributed by atoms with Gasteiger partial charge in [0.25, 0.3) is 11.1 Å². The predicted octanol–water partition coefficient (Wildman–Crippen LogP) is 8.10. The molecule has 10 heteroatoms. The molecule has 0 aromatic heterocycles. The fraction of sp³-hybridized carbons (Fsp3) is 0.0800. The number of halogens is 4. The number of carbonyl (C=O) groups is 2. The molecule has 4 rings (SSSR count). The molecule has 2 amide bonds. The molecular formula is C25H14BrCl3N2O3S. The van der Waals surface area contributed by atoms with Gasteiger partial charge in [-0.2, -0.15) is 5.26 Å². The highest BCUT2D eigenvalue weighted by Gasteiger charge is 2.35. The van der Waals surface area contributed by atoms with E-state index in [9.17, 15) is 14.9 Å². The van der Waals surface area contributed by atoms with Gasteiger partial charge in [-0.25, -0.2) is 0 Å². The van der Waals surface area contributed by atoms with E-state index in [4.69, 9.17) is 39.5 Å². The normalized spacial score (nSPS) is 14.5. The summed E-state index contributed by atoms with van der Waals surface area (Å²) in [5, 5.41) is 10.2. The standard InChI is InChI=1S/C25H14BrCl3N2O3S/c26-19-7-14(8-21(29)23(19)34-13-17-5-6-18(27)10-20(17)28)9-22-24(32)31(25(33)35-22)12-16-4-2-1-3-15(16)11-30/h1-10H,12-13H2/b22-9+. The number of rotatable bonds is 6. The zero-order valence-corrected chi connectivity index (χ0v) is 22.4. The van der Waals surface area contributed by atoms with Crippen molar-refractivity contribution in [3.05, 3.63) is 101 Å². The van der Waals surface area contributed by atoms with Gasteiger partial charge in [0.05, 0.1) is 32.6 Å². The lowest BCUT2D eigenvalue weighted by Gasteiger charge is -2.13. The molecule has 0 saturated carbocycles. The van der Waals surface area contributed by atoms with Crippen LogP contribution in [0.4, 0.5) is 4.79 Å². The molecule has 5 nitrogen and oxygen atoms in total. The third kappa shape index (κ3) is 5.85. The van der Waals surface area contributed by atoms with Gasteiger partial charge >= 0.3 is 0 Å². The number of hydrogen-bond donors (Lipinski definition) is 0. The van der Waals surface area contributed by atoms with Crippen LogP contribution in [0.1, 0.15) is 22.3 Å². The Kier molecular flexibility index (Phi) is 8.10. The molecule has 0 spiro atoms. The number of benzene rings is 3. The van der Waals surface area contributed by atoms with Crippen molar-refractivity contribution in [3.63, 3.8) is 0 Å². The molecule has 3 aromatic rings. The van der Waals surface area contributed by atoms with Gasteiger partial charge in [-0.3, -0.25) is 14.5 Å². The Morgan fingerprint density at radius 2 is 1.80 bits per heavy atom. The quantitative estimate of drug-likeness (QED) is 0.265. The molecule has 1 aliphatic heterocycles. The molecule has 0 atom stereocenters. The molecule has 1 heterocycles. The number of thioether (sulfide) groups is 1. The summed E-state index contributed by atoms with van der Waals surface area (Å²) in [4.78, 5) is 26.8. The number of hydrogen-bond acceptors (Lipinski definition) is 5. The number of ether oxygens (including phenoxy) is 1. The lowest BCUT2D eigenvalue weighted by molar-refractivity contribution is -0.123. The summed E-state index contributed by atoms with van der Waals surface area (Å²) >= 11 is 22.9. The highest BCUT2D eigenvalue weighted by Crippen LogP contribution is 2.38. The number of amides is 2. The SMILES string of the molecule is N#Cc1ccccc1CN1C(=O)S/C(=C/c2cc(Cl)c(OCc3ccc(Cl)cc3Cl)c(Br)c2)C1=O. The van der Waals surface area contributed by atoms with Gasteiger partial charge in [0.2, 0.25) is 0 Å². The minimum absolute atomic E-state index is 0.0240. The maximum absolute atomic E-state index is 12.9. The number of carbonyl (C=O) groups excluding carboxylic acids is 2. The van der Waals surface area contributed by atoms with Crippen LogP contribution in [0, 0.1) is 11.3 Å². The summed E-state index contributed by atoms with van der Waals surface area (Å²) in [6.07, 6.45) is 1.59. The Balaban J connectivity index is 1.52. The average molecular weight is 609 g/mol. The number of nitriles is 1. The van der Waals surface area contributed by atoms with E-state index in [2.05, 4.69) is 22.0 Å². The van der Waals surface area contributed by atoms with Crippen LogP contribution >= 0.6 is 62.5 Å². The first-order valence-corrected chi connectivity index (χ1v) is 12.8. The minimum Gasteiger partial charge on any atom is -0.486 e. The molecule has 3 aromatic carbocycles. The van der Waals surface area contributed by atoms with Crippen molar-refractivity contribution in [2.24, 2.45) is 0 Å². The van der Waals surface area contributed by atoms with E-state index in [1.54, 1.807) is 60.7 Å². The van der Waals surface area contributed by atoms with Crippen LogP contribution in [0.3, 0.4) is 0 Å². The van der Waals surface area contributed by atoms with E-state index in [1.807, 2.05) is 0 Å². The molecule has 35 heavy (non-hydrogen) atoms. The summed E-state index contributed by atoms with van der Waals surface area (Å²) in [5.74, 6) is -0.0197. The molecule has 176 valence electrons. The monoisotopic (exact) mass is 606 g/mol. The van der Waals surface area contributed by atoms with E-state index < -0.39 is 11.1 Å². The molecule has 1 saturated heterocycles. The van der Waals surface area contributed by atoms with Crippen LogP contribution in [0.5, 0.6) is 5.75 Å². The molecule has 0 radical (unpaired) electrons.